The molecule has 0 aliphatic carbocycles. The van der Waals surface area contributed by atoms with Gasteiger partial charge in [0.2, 0.25) is 11.8 Å². The Kier molecular flexibility index (Phi) is 7.64. The number of hydrogen-bond acceptors (Lipinski definition) is 4. The number of carbonyl (C=O) groups is 2. The molecule has 1 aromatic carbocycles. The van der Waals surface area contributed by atoms with Gasteiger partial charge in [0.25, 0.3) is 0 Å². The van der Waals surface area contributed by atoms with Crippen molar-refractivity contribution in [3.8, 4) is 0 Å². The number of nitrogens with one attached hydrogen (secondary N) is 1. The third-order valence-electron chi connectivity index (χ3n) is 3.92. The topological polar surface area (TPSA) is 52.7 Å². The zero-order valence-corrected chi connectivity index (χ0v) is 15.1. The number of thioether (sulfide) groups is 1. The summed E-state index contributed by atoms with van der Waals surface area (Å²) in [5, 5.41) is 2.84. The monoisotopic (exact) mass is 371 g/mol. The molecule has 1 N–H and O–H groups in total. The van der Waals surface area contributed by atoms with Gasteiger partial charge in [0, 0.05) is 37.6 Å². The maximum absolute atomic E-state index is 13.2. The summed E-state index contributed by atoms with van der Waals surface area (Å²) < 4.78 is 26.1. The number of benzene rings is 1. The molecule has 138 valence electrons. The van der Waals surface area contributed by atoms with Crippen molar-refractivity contribution in [3.05, 3.63) is 29.8 Å². The van der Waals surface area contributed by atoms with Gasteiger partial charge in [0.05, 0.1) is 12.3 Å². The first kappa shape index (κ1) is 19.7. The smallest absolute Gasteiger partial charge is 0.234 e. The van der Waals surface area contributed by atoms with E-state index in [4.69, 9.17) is 0 Å². The summed E-state index contributed by atoms with van der Waals surface area (Å²) in [6.07, 6.45) is 0.906. The number of amides is 2. The molecule has 1 saturated heterocycles. The van der Waals surface area contributed by atoms with Crippen LogP contribution in [0.3, 0.4) is 0 Å². The number of hydrogen-bond donors (Lipinski definition) is 1. The fraction of sp³-hybridized carbons (Fsp3) is 0.529. The molecular formula is C17H23F2N3O2S. The molecule has 25 heavy (non-hydrogen) atoms. The zero-order chi connectivity index (χ0) is 18.2. The van der Waals surface area contributed by atoms with E-state index in [-0.39, 0.29) is 17.6 Å². The lowest BCUT2D eigenvalue weighted by molar-refractivity contribution is -0.130. The molecule has 0 radical (unpaired) electrons. The Bertz CT molecular complexity index is 608. The van der Waals surface area contributed by atoms with E-state index >= 15 is 0 Å². The molecule has 0 aromatic heterocycles. The van der Waals surface area contributed by atoms with E-state index in [1.807, 2.05) is 11.8 Å². The maximum atomic E-state index is 13.2. The summed E-state index contributed by atoms with van der Waals surface area (Å²) in [6.45, 7) is 5.48. The van der Waals surface area contributed by atoms with Gasteiger partial charge in [-0.3, -0.25) is 14.5 Å². The molecule has 1 fully saturated rings. The SMILES string of the molecule is CCCNC(=O)CN1CCN(C(=O)CSc2ccc(F)c(F)c2)CC1. The number of nitrogens with zero attached hydrogens (tertiary/aromatic N) is 2. The lowest BCUT2D eigenvalue weighted by Gasteiger charge is -2.34. The van der Waals surface area contributed by atoms with Gasteiger partial charge in [0.15, 0.2) is 11.6 Å². The van der Waals surface area contributed by atoms with Crippen molar-refractivity contribution < 1.29 is 18.4 Å². The Morgan fingerprint density at radius 2 is 1.88 bits per heavy atom. The first-order chi connectivity index (χ1) is 12.0. The predicted molar refractivity (Wildman–Crippen MR) is 93.4 cm³/mol. The summed E-state index contributed by atoms with van der Waals surface area (Å²) in [7, 11) is 0. The molecule has 0 atom stereocenters. The van der Waals surface area contributed by atoms with Crippen molar-refractivity contribution in [3.63, 3.8) is 0 Å². The van der Waals surface area contributed by atoms with Crippen LogP contribution >= 0.6 is 11.8 Å². The van der Waals surface area contributed by atoms with Crippen LogP contribution in [-0.4, -0.2) is 66.6 Å². The van der Waals surface area contributed by atoms with E-state index < -0.39 is 11.6 Å². The average molecular weight is 371 g/mol. The van der Waals surface area contributed by atoms with Gasteiger partial charge in [-0.15, -0.1) is 11.8 Å². The van der Waals surface area contributed by atoms with E-state index in [1.54, 1.807) is 4.90 Å². The Labute approximate surface area is 150 Å². The van der Waals surface area contributed by atoms with Gasteiger partial charge in [0.1, 0.15) is 0 Å². The van der Waals surface area contributed by atoms with Crippen LogP contribution in [0.1, 0.15) is 13.3 Å². The minimum atomic E-state index is -0.910. The fourth-order valence-electron chi connectivity index (χ4n) is 2.48. The van der Waals surface area contributed by atoms with Crippen LogP contribution < -0.4 is 5.32 Å². The molecular weight excluding hydrogens is 348 g/mol. The average Bonchev–Trinajstić information content (AvgIpc) is 2.61. The van der Waals surface area contributed by atoms with Crippen LogP contribution in [0.15, 0.2) is 23.1 Å². The fourth-order valence-corrected chi connectivity index (χ4v) is 3.31. The quantitative estimate of drug-likeness (QED) is 0.742. The predicted octanol–water partition coefficient (Wildman–Crippen LogP) is 1.73. The summed E-state index contributed by atoms with van der Waals surface area (Å²) in [5.74, 6) is -1.65. The third-order valence-corrected chi connectivity index (χ3v) is 4.90. The van der Waals surface area contributed by atoms with Gasteiger partial charge < -0.3 is 10.2 Å². The van der Waals surface area contributed by atoms with Crippen LogP contribution in [0, 0.1) is 11.6 Å². The van der Waals surface area contributed by atoms with Gasteiger partial charge >= 0.3 is 0 Å². The number of piperazine rings is 1. The number of carbonyl (C=O) groups excluding carboxylic acids is 2. The molecule has 5 nitrogen and oxygen atoms in total. The van der Waals surface area contributed by atoms with E-state index in [0.717, 1.165) is 18.6 Å². The van der Waals surface area contributed by atoms with Crippen LogP contribution in [-0.2, 0) is 9.59 Å². The summed E-state index contributed by atoms with van der Waals surface area (Å²) in [6, 6.07) is 3.62. The van der Waals surface area contributed by atoms with Crippen LogP contribution in [0.25, 0.3) is 0 Å². The van der Waals surface area contributed by atoms with Crippen LogP contribution in [0.2, 0.25) is 0 Å². The molecule has 2 rings (SSSR count). The zero-order valence-electron chi connectivity index (χ0n) is 14.3. The lowest BCUT2D eigenvalue weighted by Crippen LogP contribution is -2.51. The Morgan fingerprint density at radius 3 is 2.52 bits per heavy atom. The van der Waals surface area contributed by atoms with Gasteiger partial charge in [-0.1, -0.05) is 6.92 Å². The third kappa shape index (κ3) is 6.28. The highest BCUT2D eigenvalue weighted by molar-refractivity contribution is 8.00. The highest BCUT2D eigenvalue weighted by Gasteiger charge is 2.22. The Morgan fingerprint density at radius 1 is 1.16 bits per heavy atom. The van der Waals surface area contributed by atoms with Crippen molar-refractivity contribution in [1.82, 2.24) is 15.1 Å². The summed E-state index contributed by atoms with van der Waals surface area (Å²) >= 11 is 1.19. The van der Waals surface area contributed by atoms with E-state index in [1.165, 1.54) is 17.8 Å². The second kappa shape index (κ2) is 9.72. The van der Waals surface area contributed by atoms with E-state index in [9.17, 15) is 18.4 Å². The first-order valence-corrected chi connectivity index (χ1v) is 9.33. The van der Waals surface area contributed by atoms with Crippen LogP contribution in [0.5, 0.6) is 0 Å². The minimum Gasteiger partial charge on any atom is -0.355 e. The molecule has 1 heterocycles. The summed E-state index contributed by atoms with van der Waals surface area (Å²) in [4.78, 5) is 28.2. The van der Waals surface area contributed by atoms with E-state index in [2.05, 4.69) is 5.32 Å². The van der Waals surface area contributed by atoms with Crippen molar-refractivity contribution in [2.45, 2.75) is 18.2 Å². The molecule has 0 saturated carbocycles. The molecule has 1 aliphatic heterocycles. The summed E-state index contributed by atoms with van der Waals surface area (Å²) in [5.41, 5.74) is 0. The highest BCUT2D eigenvalue weighted by Crippen LogP contribution is 2.21. The number of rotatable bonds is 7. The van der Waals surface area contributed by atoms with Gasteiger partial charge in [-0.25, -0.2) is 8.78 Å². The number of halogens is 2. The van der Waals surface area contributed by atoms with Gasteiger partial charge in [-0.05, 0) is 24.6 Å². The minimum absolute atomic E-state index is 0.00974. The largest absolute Gasteiger partial charge is 0.355 e. The molecule has 2 amide bonds. The molecule has 0 bridgehead atoms. The Hall–Kier alpha value is -1.67. The normalized spacial score (nSPS) is 15.2. The lowest BCUT2D eigenvalue weighted by atomic mass is 10.3. The van der Waals surface area contributed by atoms with Crippen molar-refractivity contribution in [2.24, 2.45) is 0 Å². The van der Waals surface area contributed by atoms with Crippen molar-refractivity contribution in [2.75, 3.05) is 45.0 Å². The first-order valence-electron chi connectivity index (χ1n) is 8.34. The maximum Gasteiger partial charge on any atom is 0.234 e. The molecule has 0 spiro atoms. The molecule has 1 aromatic rings. The molecule has 8 heteroatoms. The van der Waals surface area contributed by atoms with Crippen LogP contribution in [0.4, 0.5) is 8.78 Å². The second-order valence-electron chi connectivity index (χ2n) is 5.87. The Balaban J connectivity index is 1.71. The molecule has 1 aliphatic rings. The highest BCUT2D eigenvalue weighted by atomic mass is 32.2. The van der Waals surface area contributed by atoms with E-state index in [0.29, 0.717) is 44.2 Å². The van der Waals surface area contributed by atoms with Crippen molar-refractivity contribution >= 4 is 23.6 Å². The van der Waals surface area contributed by atoms with Crippen molar-refractivity contribution in [1.29, 1.82) is 0 Å². The van der Waals surface area contributed by atoms with Gasteiger partial charge in [-0.2, -0.15) is 0 Å². The standard InChI is InChI=1S/C17H23F2N3O2S/c1-2-5-20-16(23)11-21-6-8-22(9-7-21)17(24)12-25-13-3-4-14(18)15(19)10-13/h3-4,10H,2,5-9,11-12H2,1H3,(H,20,23). The second-order valence-corrected chi connectivity index (χ2v) is 6.92. The molecule has 0 unspecified atom stereocenters.